The van der Waals surface area contributed by atoms with Crippen LogP contribution in [0.2, 0.25) is 0 Å². The van der Waals surface area contributed by atoms with Crippen LogP contribution >= 0.6 is 0 Å². The van der Waals surface area contributed by atoms with Crippen LogP contribution < -0.4 is 10.6 Å². The predicted molar refractivity (Wildman–Crippen MR) is 220 cm³/mol. The number of carbonyl (C=O) groups excluding carboxylic acids is 2. The first-order valence-electron chi connectivity index (χ1n) is 23.7. The molecular formula is C47H78N2O8. The maximum atomic E-state index is 13.5. The summed E-state index contributed by atoms with van der Waals surface area (Å²) in [6.45, 7) is 5.55. The minimum absolute atomic E-state index is 0.0518. The zero-order chi connectivity index (χ0) is 40.4. The summed E-state index contributed by atoms with van der Waals surface area (Å²) in [5.41, 5.74) is -0.155. The number of rotatable bonds is 16. The maximum absolute atomic E-state index is 13.5. The lowest BCUT2D eigenvalue weighted by molar-refractivity contribution is -0.150. The minimum Gasteiger partial charge on any atom is -0.481 e. The summed E-state index contributed by atoms with van der Waals surface area (Å²) in [5, 5.41) is 26.5. The summed E-state index contributed by atoms with van der Waals surface area (Å²) in [5.74, 6) is -1.34. The van der Waals surface area contributed by atoms with E-state index in [2.05, 4.69) is 24.5 Å². The van der Waals surface area contributed by atoms with Crippen molar-refractivity contribution in [3.05, 3.63) is 0 Å². The van der Waals surface area contributed by atoms with E-state index in [1.807, 2.05) is 0 Å². The van der Waals surface area contributed by atoms with E-state index in [-0.39, 0.29) is 41.5 Å². The van der Waals surface area contributed by atoms with E-state index in [1.54, 1.807) is 0 Å². The molecule has 0 bridgehead atoms. The smallest absolute Gasteiger partial charge is 0.307 e. The predicted octanol–water partition coefficient (Wildman–Crippen LogP) is 9.08. The van der Waals surface area contributed by atoms with E-state index < -0.39 is 35.6 Å². The SMILES string of the molecule is CC(C)(COC1CCC(NC(=O)C2CC(CC3CCCCC3)CCC2C(=O)O)CC1)COC1CCC(NC(=O)C2CC(CC3CCCCC3)CCC2C(=O)O)CC1. The number of hydrogen-bond acceptors (Lipinski definition) is 6. The van der Waals surface area contributed by atoms with Crippen LogP contribution in [0.5, 0.6) is 0 Å². The van der Waals surface area contributed by atoms with Crippen LogP contribution in [0.4, 0.5) is 0 Å². The van der Waals surface area contributed by atoms with Crippen molar-refractivity contribution in [1.29, 1.82) is 0 Å². The Morgan fingerprint density at radius 3 is 1.19 bits per heavy atom. The second-order valence-electron chi connectivity index (χ2n) is 20.7. The lowest BCUT2D eigenvalue weighted by Crippen LogP contribution is -2.47. The minimum atomic E-state index is -0.823. The van der Waals surface area contributed by atoms with Gasteiger partial charge in [0, 0.05) is 17.5 Å². The number of nitrogens with one attached hydrogen (secondary N) is 2. The van der Waals surface area contributed by atoms with Crippen molar-refractivity contribution in [2.75, 3.05) is 13.2 Å². The van der Waals surface area contributed by atoms with Gasteiger partial charge in [0.15, 0.2) is 0 Å². The lowest BCUT2D eigenvalue weighted by atomic mass is 9.69. The second kappa shape index (κ2) is 21.4. The summed E-state index contributed by atoms with van der Waals surface area (Å²) < 4.78 is 12.9. The van der Waals surface area contributed by atoms with Crippen molar-refractivity contribution >= 4 is 23.8 Å². The highest BCUT2D eigenvalue weighted by Gasteiger charge is 2.42. The number of carbonyl (C=O) groups is 4. The van der Waals surface area contributed by atoms with Gasteiger partial charge >= 0.3 is 11.9 Å². The maximum Gasteiger partial charge on any atom is 0.307 e. The number of aliphatic carboxylic acids is 2. The van der Waals surface area contributed by atoms with Crippen LogP contribution in [-0.4, -0.2) is 71.5 Å². The van der Waals surface area contributed by atoms with Crippen LogP contribution in [0.1, 0.15) is 181 Å². The van der Waals surface area contributed by atoms with Gasteiger partial charge in [-0.05, 0) is 126 Å². The average molecular weight is 799 g/mol. The summed E-state index contributed by atoms with van der Waals surface area (Å²) in [6.07, 6.45) is 27.1. The first-order chi connectivity index (χ1) is 27.4. The third-order valence-corrected chi connectivity index (χ3v) is 15.5. The molecule has 0 aliphatic heterocycles. The Balaban J connectivity index is 0.858. The molecule has 0 aromatic heterocycles. The highest BCUT2D eigenvalue weighted by atomic mass is 16.5. The molecule has 6 unspecified atom stereocenters. The van der Waals surface area contributed by atoms with Crippen LogP contribution in [0.3, 0.4) is 0 Å². The normalized spacial score (nSPS) is 34.9. The Hall–Kier alpha value is -2.20. The first-order valence-corrected chi connectivity index (χ1v) is 23.7. The monoisotopic (exact) mass is 799 g/mol. The van der Waals surface area contributed by atoms with Gasteiger partial charge in [-0.1, -0.05) is 78.1 Å². The van der Waals surface area contributed by atoms with Crippen molar-refractivity contribution < 1.29 is 38.9 Å². The van der Waals surface area contributed by atoms with Crippen LogP contribution in [0, 0.1) is 52.8 Å². The third-order valence-electron chi connectivity index (χ3n) is 15.5. The molecule has 4 N–H and O–H groups in total. The lowest BCUT2D eigenvalue weighted by Gasteiger charge is -2.37. The molecule has 324 valence electrons. The molecule has 10 heteroatoms. The largest absolute Gasteiger partial charge is 0.481 e. The molecule has 0 radical (unpaired) electrons. The molecule has 57 heavy (non-hydrogen) atoms. The zero-order valence-electron chi connectivity index (χ0n) is 35.6. The molecule has 6 aliphatic rings. The number of ether oxygens (including phenoxy) is 2. The fourth-order valence-electron chi connectivity index (χ4n) is 12.0. The number of carboxylic acids is 2. The molecule has 6 fully saturated rings. The molecule has 6 aliphatic carbocycles. The second-order valence-corrected chi connectivity index (χ2v) is 20.7. The molecule has 0 saturated heterocycles. The van der Waals surface area contributed by atoms with Gasteiger partial charge in [0.25, 0.3) is 0 Å². The van der Waals surface area contributed by atoms with E-state index in [4.69, 9.17) is 9.47 Å². The van der Waals surface area contributed by atoms with Gasteiger partial charge in [-0.3, -0.25) is 19.2 Å². The summed E-state index contributed by atoms with van der Waals surface area (Å²) in [7, 11) is 0. The number of hydrogen-bond donors (Lipinski definition) is 4. The van der Waals surface area contributed by atoms with Gasteiger partial charge < -0.3 is 30.3 Å². The fraction of sp³-hybridized carbons (Fsp3) is 0.915. The van der Waals surface area contributed by atoms with Crippen LogP contribution in [-0.2, 0) is 28.7 Å². The van der Waals surface area contributed by atoms with Gasteiger partial charge in [-0.25, -0.2) is 0 Å². The Kier molecular flexibility index (Phi) is 16.6. The van der Waals surface area contributed by atoms with Crippen molar-refractivity contribution in [3.63, 3.8) is 0 Å². The summed E-state index contributed by atoms with van der Waals surface area (Å²) >= 11 is 0. The van der Waals surface area contributed by atoms with Gasteiger partial charge in [0.05, 0.1) is 49.1 Å². The molecule has 0 aromatic carbocycles. The van der Waals surface area contributed by atoms with E-state index in [1.165, 1.54) is 64.2 Å². The van der Waals surface area contributed by atoms with E-state index in [0.717, 1.165) is 88.9 Å². The third kappa shape index (κ3) is 13.4. The highest BCUT2D eigenvalue weighted by molar-refractivity contribution is 5.85. The van der Waals surface area contributed by atoms with Crippen molar-refractivity contribution in [2.24, 2.45) is 52.8 Å². The fourth-order valence-corrected chi connectivity index (χ4v) is 12.0. The Morgan fingerprint density at radius 2 is 0.842 bits per heavy atom. The molecule has 0 spiro atoms. The van der Waals surface area contributed by atoms with E-state index in [9.17, 15) is 29.4 Å². The first kappa shape index (κ1) is 44.4. The van der Waals surface area contributed by atoms with Crippen molar-refractivity contribution in [2.45, 2.75) is 205 Å². The Labute approximate surface area is 343 Å². The molecule has 0 heterocycles. The Morgan fingerprint density at radius 1 is 0.474 bits per heavy atom. The highest BCUT2D eigenvalue weighted by Crippen LogP contribution is 2.42. The number of carboxylic acid groups (broad SMARTS) is 2. The molecule has 6 rings (SSSR count). The topological polar surface area (TPSA) is 151 Å². The molecular weight excluding hydrogens is 721 g/mol. The average Bonchev–Trinajstić information content (AvgIpc) is 3.21. The molecule has 2 amide bonds. The van der Waals surface area contributed by atoms with Crippen LogP contribution in [0.25, 0.3) is 0 Å². The molecule has 10 nitrogen and oxygen atoms in total. The van der Waals surface area contributed by atoms with E-state index >= 15 is 0 Å². The van der Waals surface area contributed by atoms with Gasteiger partial charge in [0.1, 0.15) is 0 Å². The Bertz CT molecular complexity index is 1200. The molecule has 0 aromatic rings. The standard InChI is InChI=1S/C47H78N2O8/c1-47(2,29-56-37-19-15-35(16-20-37)48-43(50)41-27-33(13-23-39(41)45(52)53)25-31-9-5-3-6-10-31)30-57-38-21-17-36(18-22-38)49-44(51)42-28-34(14-24-40(42)46(54)55)26-32-11-7-4-8-12-32/h31-42H,3-30H2,1-2H3,(H,48,50)(H,49,51)(H,52,53)(H,54,55). The quantitative estimate of drug-likeness (QED) is 0.121. The van der Waals surface area contributed by atoms with Gasteiger partial charge in [0.2, 0.25) is 11.8 Å². The van der Waals surface area contributed by atoms with E-state index in [0.29, 0.717) is 50.7 Å². The van der Waals surface area contributed by atoms with Crippen LogP contribution in [0.15, 0.2) is 0 Å². The summed E-state index contributed by atoms with van der Waals surface area (Å²) in [4.78, 5) is 51.3. The molecule has 6 saturated carbocycles. The van der Waals surface area contributed by atoms with Crippen molar-refractivity contribution in [1.82, 2.24) is 10.6 Å². The number of amides is 2. The van der Waals surface area contributed by atoms with Gasteiger partial charge in [-0.2, -0.15) is 0 Å². The zero-order valence-corrected chi connectivity index (χ0v) is 35.6. The van der Waals surface area contributed by atoms with Gasteiger partial charge in [-0.15, -0.1) is 0 Å². The summed E-state index contributed by atoms with van der Waals surface area (Å²) in [6, 6.07) is 0.150. The van der Waals surface area contributed by atoms with Crippen molar-refractivity contribution in [3.8, 4) is 0 Å². The molecule has 6 atom stereocenters.